The number of benzene rings is 1. The molecular formula is C27H50ClP. The van der Waals surface area contributed by atoms with Crippen molar-refractivity contribution in [2.75, 3.05) is 0 Å². The monoisotopic (exact) mass is 440 g/mol. The molecule has 0 aromatic heterocycles. The lowest BCUT2D eigenvalue weighted by Gasteiger charge is -2.27. The molecular weight excluding hydrogens is 391 g/mol. The third-order valence-electron chi connectivity index (χ3n) is 6.31. The fourth-order valence-electron chi connectivity index (χ4n) is 4.39. The molecule has 0 saturated heterocycles. The Hall–Kier alpha value is -0.0600. The largest absolute Gasteiger partial charge is 0.147 e. The van der Waals surface area contributed by atoms with Gasteiger partial charge in [-0.15, -0.1) is 21.6 Å². The van der Waals surface area contributed by atoms with E-state index in [2.05, 4.69) is 54.3 Å². The summed E-state index contributed by atoms with van der Waals surface area (Å²) in [5, 5.41) is 0.237. The van der Waals surface area contributed by atoms with Crippen molar-refractivity contribution in [3.8, 4) is 0 Å². The lowest BCUT2D eigenvalue weighted by atomic mass is 9.90. The highest BCUT2D eigenvalue weighted by Crippen LogP contribution is 2.38. The van der Waals surface area contributed by atoms with Gasteiger partial charge >= 0.3 is 0 Å². The van der Waals surface area contributed by atoms with Gasteiger partial charge in [-0.2, -0.15) is 0 Å². The number of aryl methyl sites for hydroxylation is 1. The lowest BCUT2D eigenvalue weighted by Crippen LogP contribution is -2.14. The fourth-order valence-corrected chi connectivity index (χ4v) is 4.92. The van der Waals surface area contributed by atoms with E-state index in [9.17, 15) is 0 Å². The molecule has 29 heavy (non-hydrogen) atoms. The SMILES string of the molecule is CCCCCCCCCCCCCCCCCCC(C)(P)c1ccccc1C.Cl. The van der Waals surface area contributed by atoms with Crippen molar-refractivity contribution in [2.45, 2.75) is 135 Å². The van der Waals surface area contributed by atoms with E-state index >= 15 is 0 Å². The molecule has 0 N–H and O–H groups in total. The van der Waals surface area contributed by atoms with Crippen LogP contribution in [-0.4, -0.2) is 0 Å². The average Bonchev–Trinajstić information content (AvgIpc) is 2.68. The zero-order valence-corrected chi connectivity index (χ0v) is 21.8. The van der Waals surface area contributed by atoms with Crippen LogP contribution in [0.3, 0.4) is 0 Å². The van der Waals surface area contributed by atoms with Crippen molar-refractivity contribution >= 4 is 21.6 Å². The fraction of sp³-hybridized carbons (Fsp3) is 0.778. The first kappa shape index (κ1) is 28.9. The maximum atomic E-state index is 3.11. The van der Waals surface area contributed by atoms with E-state index in [1.54, 1.807) is 0 Å². The number of unbranched alkanes of at least 4 members (excludes halogenated alkanes) is 15. The first-order valence-corrected chi connectivity index (χ1v) is 13.0. The minimum absolute atomic E-state index is 0. The summed E-state index contributed by atoms with van der Waals surface area (Å²) < 4.78 is 0. The zero-order chi connectivity index (χ0) is 20.5. The van der Waals surface area contributed by atoms with Gasteiger partial charge in [-0.05, 0) is 24.5 Å². The first-order chi connectivity index (χ1) is 13.6. The molecule has 0 heterocycles. The Kier molecular flexibility index (Phi) is 18.6. The molecule has 0 aliphatic rings. The lowest BCUT2D eigenvalue weighted by molar-refractivity contribution is 0.511. The molecule has 2 atom stereocenters. The Balaban J connectivity index is 0.00000784. The predicted molar refractivity (Wildman–Crippen MR) is 140 cm³/mol. The van der Waals surface area contributed by atoms with E-state index in [1.807, 2.05) is 0 Å². The van der Waals surface area contributed by atoms with E-state index in [-0.39, 0.29) is 17.6 Å². The van der Waals surface area contributed by atoms with Crippen molar-refractivity contribution in [2.24, 2.45) is 0 Å². The average molecular weight is 441 g/mol. The van der Waals surface area contributed by atoms with Gasteiger partial charge in [0.25, 0.3) is 0 Å². The van der Waals surface area contributed by atoms with Crippen molar-refractivity contribution in [3.63, 3.8) is 0 Å². The van der Waals surface area contributed by atoms with Gasteiger partial charge in [-0.25, -0.2) is 0 Å². The summed E-state index contributed by atoms with van der Waals surface area (Å²) >= 11 is 0. The number of hydrogen-bond donors (Lipinski definition) is 0. The highest BCUT2D eigenvalue weighted by Gasteiger charge is 2.21. The van der Waals surface area contributed by atoms with Crippen molar-refractivity contribution in [1.29, 1.82) is 0 Å². The summed E-state index contributed by atoms with van der Waals surface area (Å²) in [5.74, 6) is 0. The molecule has 2 unspecified atom stereocenters. The quantitative estimate of drug-likeness (QED) is 0.157. The molecule has 0 aliphatic carbocycles. The first-order valence-electron chi connectivity index (χ1n) is 12.4. The van der Waals surface area contributed by atoms with Gasteiger partial charge in [0, 0.05) is 5.16 Å². The van der Waals surface area contributed by atoms with Gasteiger partial charge in [0.2, 0.25) is 0 Å². The molecule has 0 fully saturated rings. The third kappa shape index (κ3) is 14.6. The number of rotatable bonds is 18. The van der Waals surface area contributed by atoms with Crippen LogP contribution in [-0.2, 0) is 5.16 Å². The van der Waals surface area contributed by atoms with Crippen LogP contribution in [0.15, 0.2) is 24.3 Å². The zero-order valence-electron chi connectivity index (χ0n) is 19.8. The maximum Gasteiger partial charge on any atom is 0.00720 e. The van der Waals surface area contributed by atoms with Crippen LogP contribution in [0.1, 0.15) is 134 Å². The predicted octanol–water partition coefficient (Wildman–Crippen LogP) is 10.2. The minimum atomic E-state index is 0. The van der Waals surface area contributed by atoms with Crippen LogP contribution < -0.4 is 0 Å². The highest BCUT2D eigenvalue weighted by molar-refractivity contribution is 7.18. The van der Waals surface area contributed by atoms with Crippen molar-refractivity contribution in [3.05, 3.63) is 35.4 Å². The van der Waals surface area contributed by atoms with E-state index in [0.717, 1.165) is 0 Å². The summed E-state index contributed by atoms with van der Waals surface area (Å²) in [7, 11) is 3.11. The summed E-state index contributed by atoms with van der Waals surface area (Å²) in [4.78, 5) is 0. The van der Waals surface area contributed by atoms with Gasteiger partial charge in [0.1, 0.15) is 0 Å². The standard InChI is InChI=1S/C27H49P.ClH/c1-4-5-6-7-8-9-10-11-12-13-14-15-16-17-18-21-24-27(3,28)26-23-20-19-22-25(26)2;/h19-20,22-23H,4-18,21,24,28H2,1-3H3;1H. The highest BCUT2D eigenvalue weighted by atomic mass is 35.5. The molecule has 0 aliphatic heterocycles. The van der Waals surface area contributed by atoms with Gasteiger partial charge < -0.3 is 0 Å². The molecule has 1 aromatic rings. The van der Waals surface area contributed by atoms with E-state index in [0.29, 0.717) is 0 Å². The molecule has 2 heteroatoms. The molecule has 1 rings (SSSR count). The second-order valence-corrected chi connectivity index (χ2v) is 10.6. The molecule has 0 nitrogen and oxygen atoms in total. The van der Waals surface area contributed by atoms with Crippen LogP contribution >= 0.6 is 21.6 Å². The normalized spacial score (nSPS) is 13.1. The Morgan fingerprint density at radius 1 is 0.655 bits per heavy atom. The van der Waals surface area contributed by atoms with Crippen LogP contribution in [0.5, 0.6) is 0 Å². The number of halogens is 1. The molecule has 0 spiro atoms. The molecule has 170 valence electrons. The Morgan fingerprint density at radius 2 is 1.03 bits per heavy atom. The summed E-state index contributed by atoms with van der Waals surface area (Å²) in [5.41, 5.74) is 2.93. The number of hydrogen-bond acceptors (Lipinski definition) is 0. The van der Waals surface area contributed by atoms with Gasteiger partial charge in [-0.1, -0.05) is 141 Å². The van der Waals surface area contributed by atoms with Gasteiger partial charge in [0.05, 0.1) is 0 Å². The summed E-state index contributed by atoms with van der Waals surface area (Å²) in [6, 6.07) is 8.87. The molecule has 1 aromatic carbocycles. The van der Waals surface area contributed by atoms with E-state index in [1.165, 1.54) is 120 Å². The molecule has 0 saturated carbocycles. The maximum absolute atomic E-state index is 3.11. The van der Waals surface area contributed by atoms with Gasteiger partial charge in [0.15, 0.2) is 0 Å². The van der Waals surface area contributed by atoms with Crippen LogP contribution in [0.25, 0.3) is 0 Å². The Morgan fingerprint density at radius 3 is 1.45 bits per heavy atom. The molecule has 0 radical (unpaired) electrons. The van der Waals surface area contributed by atoms with E-state index < -0.39 is 0 Å². The second kappa shape index (κ2) is 18.7. The third-order valence-corrected chi connectivity index (χ3v) is 6.91. The topological polar surface area (TPSA) is 0 Å². The Bertz CT molecular complexity index is 483. The van der Waals surface area contributed by atoms with Crippen molar-refractivity contribution < 1.29 is 0 Å². The second-order valence-electron chi connectivity index (χ2n) is 9.29. The summed E-state index contributed by atoms with van der Waals surface area (Å²) in [6.45, 7) is 6.92. The van der Waals surface area contributed by atoms with Crippen LogP contribution in [0.4, 0.5) is 0 Å². The van der Waals surface area contributed by atoms with Gasteiger partial charge in [-0.3, -0.25) is 0 Å². The minimum Gasteiger partial charge on any atom is -0.147 e. The summed E-state index contributed by atoms with van der Waals surface area (Å²) in [6.07, 6.45) is 24.3. The Labute approximate surface area is 192 Å². The molecule has 0 amide bonds. The van der Waals surface area contributed by atoms with E-state index in [4.69, 9.17) is 0 Å². The molecule has 0 bridgehead atoms. The van der Waals surface area contributed by atoms with Crippen molar-refractivity contribution in [1.82, 2.24) is 0 Å². The smallest absolute Gasteiger partial charge is 0.00720 e. The van der Waals surface area contributed by atoms with Crippen LogP contribution in [0, 0.1) is 6.92 Å². The van der Waals surface area contributed by atoms with Crippen LogP contribution in [0.2, 0.25) is 0 Å².